The third-order valence-corrected chi connectivity index (χ3v) is 14.2. The van der Waals surface area contributed by atoms with Crippen molar-refractivity contribution in [3.63, 3.8) is 0 Å². The fourth-order valence-electron chi connectivity index (χ4n) is 9.64. The SMILES string of the molecule is COc1ccc(C2CCCCC2)c2c1cc1n2CC2=C(C(=O)NS(=O)(=O)C3CCC3)C2=C2C=CC[C@@H](C(=O)N3CC4CCC3CN4)C21. The average Bonchev–Trinajstić information content (AvgIpc) is 3.69. The number of aromatic nitrogens is 1. The predicted molar refractivity (Wildman–Crippen MR) is 180 cm³/mol. The molecule has 4 atom stereocenters. The summed E-state index contributed by atoms with van der Waals surface area (Å²) in [4.78, 5) is 30.6. The number of carbonyl (C=O) groups excluding carboxylic acids is 2. The highest BCUT2D eigenvalue weighted by Gasteiger charge is 2.49. The van der Waals surface area contributed by atoms with Gasteiger partial charge in [-0.3, -0.25) is 9.59 Å². The molecule has 3 saturated heterocycles. The first-order chi connectivity index (χ1) is 22.8. The minimum atomic E-state index is -3.73. The van der Waals surface area contributed by atoms with E-state index in [2.05, 4.69) is 49.9 Å². The Labute approximate surface area is 276 Å². The first-order valence-electron chi connectivity index (χ1n) is 17.8. The van der Waals surface area contributed by atoms with Crippen LogP contribution in [0.3, 0.4) is 0 Å². The zero-order valence-corrected chi connectivity index (χ0v) is 27.9. The van der Waals surface area contributed by atoms with Crippen molar-refractivity contribution < 1.29 is 22.7 Å². The molecule has 2 aromatic rings. The van der Waals surface area contributed by atoms with Crippen LogP contribution in [0.5, 0.6) is 5.75 Å². The monoisotopic (exact) mass is 656 g/mol. The second kappa shape index (κ2) is 11.1. The quantitative estimate of drug-likeness (QED) is 0.456. The zero-order valence-electron chi connectivity index (χ0n) is 27.1. The summed E-state index contributed by atoms with van der Waals surface area (Å²) in [5.41, 5.74) is 6.73. The first kappa shape index (κ1) is 29.7. The third kappa shape index (κ3) is 4.68. The number of allylic oxidation sites excluding steroid dienone is 4. The molecule has 9 nitrogen and oxygen atoms in total. The minimum Gasteiger partial charge on any atom is -0.496 e. The number of rotatable bonds is 6. The fraction of sp³-hybridized carbons (Fsp3) is 0.568. The molecule has 5 fully saturated rings. The van der Waals surface area contributed by atoms with Crippen LogP contribution >= 0.6 is 0 Å². The molecule has 10 heteroatoms. The van der Waals surface area contributed by atoms with E-state index in [0.717, 1.165) is 84.3 Å². The number of hydrogen-bond donors (Lipinski definition) is 2. The lowest BCUT2D eigenvalue weighted by Gasteiger charge is -2.48. The van der Waals surface area contributed by atoms with Gasteiger partial charge < -0.3 is 19.5 Å². The van der Waals surface area contributed by atoms with Crippen molar-refractivity contribution in [2.75, 3.05) is 20.2 Å². The van der Waals surface area contributed by atoms with Crippen molar-refractivity contribution in [3.05, 3.63) is 63.9 Å². The molecule has 1 aromatic heterocycles. The molecule has 248 valence electrons. The van der Waals surface area contributed by atoms with Crippen LogP contribution in [0.1, 0.15) is 93.7 Å². The Morgan fingerprint density at radius 2 is 1.85 bits per heavy atom. The molecule has 2 saturated carbocycles. The van der Waals surface area contributed by atoms with Crippen molar-refractivity contribution in [2.45, 2.75) is 106 Å². The van der Waals surface area contributed by atoms with E-state index in [0.29, 0.717) is 43.3 Å². The first-order valence-corrected chi connectivity index (χ1v) is 19.3. The van der Waals surface area contributed by atoms with Gasteiger partial charge in [-0.25, -0.2) is 13.1 Å². The molecular weight excluding hydrogens is 612 g/mol. The normalized spacial score (nSPS) is 28.8. The molecule has 5 heterocycles. The maximum atomic E-state index is 14.6. The molecule has 0 spiro atoms. The van der Waals surface area contributed by atoms with Gasteiger partial charge in [0.2, 0.25) is 15.9 Å². The number of fused-ring (bicyclic) bond motifs is 9. The minimum absolute atomic E-state index is 0.188. The van der Waals surface area contributed by atoms with Crippen molar-refractivity contribution in [2.24, 2.45) is 5.92 Å². The largest absolute Gasteiger partial charge is 0.496 e. The summed E-state index contributed by atoms with van der Waals surface area (Å²) in [5.74, 6) is 0.353. The molecule has 0 radical (unpaired) electrons. The van der Waals surface area contributed by atoms with Crippen LogP contribution in [0.25, 0.3) is 10.9 Å². The maximum absolute atomic E-state index is 14.6. The number of methoxy groups -OCH3 is 1. The van der Waals surface area contributed by atoms with Crippen molar-refractivity contribution in [1.29, 1.82) is 0 Å². The smallest absolute Gasteiger partial charge is 0.265 e. The topological polar surface area (TPSA) is 110 Å². The number of piperazine rings is 1. The Hall–Kier alpha value is -3.37. The van der Waals surface area contributed by atoms with E-state index in [1.807, 2.05) is 0 Å². The van der Waals surface area contributed by atoms with Crippen LogP contribution in [0.2, 0.25) is 0 Å². The Morgan fingerprint density at radius 3 is 2.53 bits per heavy atom. The number of piperidine rings is 2. The van der Waals surface area contributed by atoms with Gasteiger partial charge in [-0.05, 0) is 85.3 Å². The lowest BCUT2D eigenvalue weighted by atomic mass is 9.75. The summed E-state index contributed by atoms with van der Waals surface area (Å²) >= 11 is 0. The summed E-state index contributed by atoms with van der Waals surface area (Å²) < 4.78 is 36.9. The van der Waals surface area contributed by atoms with Gasteiger partial charge in [0.05, 0.1) is 29.4 Å². The number of nitrogens with one attached hydrogen (secondary N) is 2. The van der Waals surface area contributed by atoms with Crippen LogP contribution in [-0.4, -0.2) is 67.2 Å². The lowest BCUT2D eigenvalue weighted by molar-refractivity contribution is -0.142. The van der Waals surface area contributed by atoms with Gasteiger partial charge in [-0.15, -0.1) is 0 Å². The van der Waals surface area contributed by atoms with Crippen LogP contribution in [0.15, 0.2) is 52.6 Å². The predicted octanol–water partition coefficient (Wildman–Crippen LogP) is 4.94. The number of hydrogen-bond acceptors (Lipinski definition) is 6. The Morgan fingerprint density at radius 1 is 1.02 bits per heavy atom. The van der Waals surface area contributed by atoms with Crippen LogP contribution in [0, 0.1) is 5.92 Å². The van der Waals surface area contributed by atoms with Gasteiger partial charge >= 0.3 is 0 Å². The number of carbonyl (C=O) groups is 2. The second-order valence-corrected chi connectivity index (χ2v) is 16.8. The van der Waals surface area contributed by atoms with E-state index in [1.165, 1.54) is 24.8 Å². The van der Waals surface area contributed by atoms with Crippen LogP contribution in [0.4, 0.5) is 0 Å². The number of sulfonamides is 1. The number of nitrogens with zero attached hydrogens (tertiary/aromatic N) is 2. The Balaban J connectivity index is 1.20. The van der Waals surface area contributed by atoms with Gasteiger partial charge in [0, 0.05) is 48.7 Å². The summed E-state index contributed by atoms with van der Waals surface area (Å²) in [6.45, 7) is 2.05. The standard InChI is InChI=1S/C37H44N4O5S/c1-46-31-16-15-25(21-7-3-2-4-8-21)35-28(31)17-30-32-26(11-6-12-27(32)37(43)40-19-22-13-14-23(40)18-38-22)33-29(20-41(30)35)34(33)36(42)39-47(44,45)24-9-5-10-24/h6,11,15-17,21-24,27,32,38H,2-5,7-10,12-14,18-20H2,1H3,(H,39,42)/t22?,23?,27-,32?/m1/s1. The van der Waals surface area contributed by atoms with E-state index < -0.39 is 21.2 Å². The summed E-state index contributed by atoms with van der Waals surface area (Å²) in [5, 5.41) is 4.14. The fourth-order valence-corrected chi connectivity index (χ4v) is 11.1. The molecular formula is C37H44N4O5S. The molecule has 10 rings (SSSR count). The second-order valence-electron chi connectivity index (χ2n) is 14.9. The molecule has 3 unspecified atom stereocenters. The molecule has 2 N–H and O–H groups in total. The number of benzene rings is 1. The summed E-state index contributed by atoms with van der Waals surface area (Å²) in [6.07, 6.45) is 15.0. The van der Waals surface area contributed by atoms with E-state index >= 15 is 0 Å². The average molecular weight is 657 g/mol. The van der Waals surface area contributed by atoms with Crippen molar-refractivity contribution in [1.82, 2.24) is 19.5 Å². The molecule has 47 heavy (non-hydrogen) atoms. The number of ether oxygens (including phenoxy) is 1. The van der Waals surface area contributed by atoms with Gasteiger partial charge in [-0.2, -0.15) is 0 Å². The number of amides is 2. The molecule has 4 aliphatic carbocycles. The zero-order chi connectivity index (χ0) is 32.0. The molecule has 4 aliphatic heterocycles. The molecule has 1 aromatic carbocycles. The third-order valence-electron chi connectivity index (χ3n) is 12.4. The van der Waals surface area contributed by atoms with E-state index in [9.17, 15) is 18.0 Å². The summed E-state index contributed by atoms with van der Waals surface area (Å²) in [7, 11) is -2.02. The molecule has 2 amide bonds. The van der Waals surface area contributed by atoms with E-state index in [4.69, 9.17) is 4.74 Å². The van der Waals surface area contributed by atoms with E-state index in [1.54, 1.807) is 7.11 Å². The lowest BCUT2D eigenvalue weighted by Crippen LogP contribution is -2.63. The highest BCUT2D eigenvalue weighted by Crippen LogP contribution is 2.55. The van der Waals surface area contributed by atoms with Crippen LogP contribution < -0.4 is 14.8 Å². The van der Waals surface area contributed by atoms with Gasteiger partial charge in [0.15, 0.2) is 0 Å². The Kier molecular flexibility index (Phi) is 7.02. The Bertz CT molecular complexity index is 1890. The van der Waals surface area contributed by atoms with Crippen LogP contribution in [-0.2, 0) is 26.2 Å². The maximum Gasteiger partial charge on any atom is 0.265 e. The molecule has 2 bridgehead atoms. The van der Waals surface area contributed by atoms with E-state index in [-0.39, 0.29) is 23.8 Å². The molecule has 8 aliphatic rings. The van der Waals surface area contributed by atoms with Gasteiger partial charge in [0.25, 0.3) is 5.91 Å². The van der Waals surface area contributed by atoms with Crippen molar-refractivity contribution >= 4 is 32.7 Å². The highest BCUT2D eigenvalue weighted by molar-refractivity contribution is 7.90. The van der Waals surface area contributed by atoms with Gasteiger partial charge in [-0.1, -0.05) is 43.9 Å². The summed E-state index contributed by atoms with van der Waals surface area (Å²) in [6, 6.07) is 7.12. The van der Waals surface area contributed by atoms with Gasteiger partial charge in [0.1, 0.15) is 5.75 Å². The van der Waals surface area contributed by atoms with Crippen molar-refractivity contribution in [3.8, 4) is 5.75 Å². The highest BCUT2D eigenvalue weighted by atomic mass is 32.2.